The van der Waals surface area contributed by atoms with Gasteiger partial charge in [0.2, 0.25) is 0 Å². The Bertz CT molecular complexity index is 323. The molecule has 3 nitrogen and oxygen atoms in total. The van der Waals surface area contributed by atoms with E-state index in [1.165, 1.54) is 0 Å². The van der Waals surface area contributed by atoms with Crippen molar-refractivity contribution in [2.75, 3.05) is 5.73 Å². The van der Waals surface area contributed by atoms with E-state index in [1.54, 1.807) is 0 Å². The molecule has 0 aromatic heterocycles. The number of nitrogens with two attached hydrogens (primary N) is 1. The third kappa shape index (κ3) is 4.36. The highest BCUT2D eigenvalue weighted by molar-refractivity contribution is 5.40. The largest absolute Gasteiger partial charge is 0.399 e. The number of benzene rings is 1. The average molecular weight is 237 g/mol. The monoisotopic (exact) mass is 237 g/mol. The fourth-order valence-electron chi connectivity index (χ4n) is 1.97. The van der Waals surface area contributed by atoms with E-state index in [0.29, 0.717) is 12.8 Å². The first-order valence-electron chi connectivity index (χ1n) is 6.26. The van der Waals surface area contributed by atoms with Gasteiger partial charge in [-0.05, 0) is 36.5 Å². The van der Waals surface area contributed by atoms with Crippen LogP contribution < -0.4 is 5.73 Å². The lowest BCUT2D eigenvalue weighted by Crippen LogP contribution is -2.27. The van der Waals surface area contributed by atoms with E-state index in [0.717, 1.165) is 17.7 Å². The van der Waals surface area contributed by atoms with Gasteiger partial charge in [0.05, 0.1) is 12.2 Å². The highest BCUT2D eigenvalue weighted by Crippen LogP contribution is 2.23. The van der Waals surface area contributed by atoms with Crippen molar-refractivity contribution >= 4 is 5.69 Å². The summed E-state index contributed by atoms with van der Waals surface area (Å²) >= 11 is 0. The molecule has 1 aromatic carbocycles. The summed E-state index contributed by atoms with van der Waals surface area (Å²) in [5.74, 6) is 0.220. The topological polar surface area (TPSA) is 66.5 Å². The van der Waals surface area contributed by atoms with Crippen molar-refractivity contribution < 1.29 is 10.2 Å². The molecule has 0 aliphatic carbocycles. The standard InChI is InChI=1S/C14H23NO2/c1-3-4-13(16)14(17)9-10(2)11-5-7-12(15)8-6-11/h5-8,10,13-14,16-17H,3-4,9,15H2,1-2H3. The van der Waals surface area contributed by atoms with Gasteiger partial charge in [-0.25, -0.2) is 0 Å². The smallest absolute Gasteiger partial charge is 0.0804 e. The van der Waals surface area contributed by atoms with Gasteiger partial charge in [-0.2, -0.15) is 0 Å². The third-order valence-corrected chi connectivity index (χ3v) is 3.13. The molecule has 0 saturated carbocycles. The molecular weight excluding hydrogens is 214 g/mol. The van der Waals surface area contributed by atoms with Gasteiger partial charge in [0, 0.05) is 5.69 Å². The number of rotatable bonds is 6. The molecule has 4 N–H and O–H groups in total. The van der Waals surface area contributed by atoms with Crippen molar-refractivity contribution in [3.05, 3.63) is 29.8 Å². The van der Waals surface area contributed by atoms with Gasteiger partial charge in [-0.3, -0.25) is 0 Å². The van der Waals surface area contributed by atoms with Crippen LogP contribution in [0.1, 0.15) is 44.6 Å². The minimum absolute atomic E-state index is 0.220. The summed E-state index contributed by atoms with van der Waals surface area (Å²) in [6.45, 7) is 4.05. The maximum absolute atomic E-state index is 9.86. The number of nitrogen functional groups attached to an aromatic ring is 1. The van der Waals surface area contributed by atoms with Crippen LogP contribution in [0.3, 0.4) is 0 Å². The third-order valence-electron chi connectivity index (χ3n) is 3.13. The van der Waals surface area contributed by atoms with Gasteiger partial charge < -0.3 is 15.9 Å². The Kier molecular flexibility index (Phi) is 5.45. The summed E-state index contributed by atoms with van der Waals surface area (Å²) in [7, 11) is 0. The van der Waals surface area contributed by atoms with Crippen LogP contribution in [0.4, 0.5) is 5.69 Å². The molecule has 17 heavy (non-hydrogen) atoms. The molecule has 1 rings (SSSR count). The van der Waals surface area contributed by atoms with Crippen molar-refractivity contribution in [1.29, 1.82) is 0 Å². The summed E-state index contributed by atoms with van der Waals surface area (Å²) in [5.41, 5.74) is 7.51. The van der Waals surface area contributed by atoms with Crippen molar-refractivity contribution in [1.82, 2.24) is 0 Å². The number of aliphatic hydroxyl groups is 2. The fourth-order valence-corrected chi connectivity index (χ4v) is 1.97. The normalized spacial score (nSPS) is 16.5. The summed E-state index contributed by atoms with van der Waals surface area (Å²) in [6, 6.07) is 7.67. The van der Waals surface area contributed by atoms with Crippen LogP contribution in [0.2, 0.25) is 0 Å². The SMILES string of the molecule is CCCC(O)C(O)CC(C)c1ccc(N)cc1. The zero-order valence-electron chi connectivity index (χ0n) is 10.6. The number of hydrogen-bond donors (Lipinski definition) is 3. The molecule has 0 fully saturated rings. The highest BCUT2D eigenvalue weighted by Gasteiger charge is 2.18. The molecule has 0 spiro atoms. The van der Waals surface area contributed by atoms with E-state index >= 15 is 0 Å². The molecule has 0 amide bonds. The lowest BCUT2D eigenvalue weighted by Gasteiger charge is -2.21. The van der Waals surface area contributed by atoms with Gasteiger partial charge in [0.25, 0.3) is 0 Å². The van der Waals surface area contributed by atoms with E-state index in [1.807, 2.05) is 38.1 Å². The highest BCUT2D eigenvalue weighted by atomic mass is 16.3. The Labute approximate surface area is 103 Å². The zero-order valence-corrected chi connectivity index (χ0v) is 10.6. The second-order valence-corrected chi connectivity index (χ2v) is 4.73. The summed E-state index contributed by atoms with van der Waals surface area (Å²) in [4.78, 5) is 0. The first-order valence-corrected chi connectivity index (χ1v) is 6.26. The molecule has 0 aliphatic rings. The fraction of sp³-hybridized carbons (Fsp3) is 0.571. The van der Waals surface area contributed by atoms with Crippen LogP contribution in [-0.2, 0) is 0 Å². The molecule has 0 saturated heterocycles. The van der Waals surface area contributed by atoms with Crippen LogP contribution in [0.5, 0.6) is 0 Å². The lowest BCUT2D eigenvalue weighted by atomic mass is 9.92. The lowest BCUT2D eigenvalue weighted by molar-refractivity contribution is 0.00638. The summed E-state index contributed by atoms with van der Waals surface area (Å²) in [6.07, 6.45) is 0.841. The predicted molar refractivity (Wildman–Crippen MR) is 70.8 cm³/mol. The Balaban J connectivity index is 2.53. The maximum Gasteiger partial charge on any atom is 0.0804 e. The minimum atomic E-state index is -0.650. The number of aliphatic hydroxyl groups excluding tert-OH is 2. The first-order chi connectivity index (χ1) is 8.04. The molecule has 0 heterocycles. The van der Waals surface area contributed by atoms with Gasteiger partial charge in [0.1, 0.15) is 0 Å². The molecule has 3 atom stereocenters. The van der Waals surface area contributed by atoms with E-state index in [2.05, 4.69) is 0 Å². The van der Waals surface area contributed by atoms with Crippen molar-refractivity contribution in [3.8, 4) is 0 Å². The van der Waals surface area contributed by atoms with Gasteiger partial charge in [-0.15, -0.1) is 0 Å². The van der Waals surface area contributed by atoms with Crippen LogP contribution in [-0.4, -0.2) is 22.4 Å². The maximum atomic E-state index is 9.86. The first kappa shape index (κ1) is 14.0. The molecule has 0 radical (unpaired) electrons. The molecule has 3 unspecified atom stereocenters. The van der Waals surface area contributed by atoms with Gasteiger partial charge >= 0.3 is 0 Å². The van der Waals surface area contributed by atoms with Crippen LogP contribution in [0, 0.1) is 0 Å². The van der Waals surface area contributed by atoms with Gasteiger partial charge in [-0.1, -0.05) is 32.4 Å². The second-order valence-electron chi connectivity index (χ2n) is 4.73. The van der Waals surface area contributed by atoms with Crippen LogP contribution in [0.15, 0.2) is 24.3 Å². The molecule has 0 aliphatic heterocycles. The van der Waals surface area contributed by atoms with E-state index in [4.69, 9.17) is 5.73 Å². The number of anilines is 1. The van der Waals surface area contributed by atoms with Gasteiger partial charge in [0.15, 0.2) is 0 Å². The Hall–Kier alpha value is -1.06. The predicted octanol–water partition coefficient (Wildman–Crippen LogP) is 2.28. The molecule has 1 aromatic rings. The zero-order chi connectivity index (χ0) is 12.8. The van der Waals surface area contributed by atoms with E-state index < -0.39 is 12.2 Å². The average Bonchev–Trinajstić information content (AvgIpc) is 2.30. The van der Waals surface area contributed by atoms with Crippen molar-refractivity contribution in [3.63, 3.8) is 0 Å². The Morgan fingerprint density at radius 1 is 1.12 bits per heavy atom. The number of hydrogen-bond acceptors (Lipinski definition) is 3. The van der Waals surface area contributed by atoms with E-state index in [-0.39, 0.29) is 5.92 Å². The molecular formula is C14H23NO2. The Morgan fingerprint density at radius 2 is 1.71 bits per heavy atom. The molecule has 3 heteroatoms. The minimum Gasteiger partial charge on any atom is -0.399 e. The quantitative estimate of drug-likeness (QED) is 0.665. The van der Waals surface area contributed by atoms with Crippen molar-refractivity contribution in [2.45, 2.75) is 51.2 Å². The van der Waals surface area contributed by atoms with Crippen LogP contribution >= 0.6 is 0 Å². The van der Waals surface area contributed by atoms with E-state index in [9.17, 15) is 10.2 Å². The molecule has 96 valence electrons. The van der Waals surface area contributed by atoms with Crippen LogP contribution in [0.25, 0.3) is 0 Å². The van der Waals surface area contributed by atoms with Crippen molar-refractivity contribution in [2.24, 2.45) is 0 Å². The molecule has 0 bridgehead atoms. The second kappa shape index (κ2) is 6.62. The Morgan fingerprint density at radius 3 is 2.24 bits per heavy atom. The summed E-state index contributed by atoms with van der Waals surface area (Å²) < 4.78 is 0. The summed E-state index contributed by atoms with van der Waals surface area (Å²) in [5, 5.41) is 19.5.